The molecule has 0 aliphatic rings. The molecule has 0 aliphatic heterocycles. The summed E-state index contributed by atoms with van der Waals surface area (Å²) >= 11 is 0. The van der Waals surface area contributed by atoms with Gasteiger partial charge in [0.1, 0.15) is 5.82 Å². The van der Waals surface area contributed by atoms with Crippen molar-refractivity contribution in [3.8, 4) is 0 Å². The zero-order chi connectivity index (χ0) is 12.8. The molecule has 1 rings (SSSR count). The fourth-order valence-corrected chi connectivity index (χ4v) is 1.76. The number of nitrogens with zero attached hydrogens (tertiary/aromatic N) is 1. The molecular weight excluding hydrogens is 217 g/mol. The van der Waals surface area contributed by atoms with Crippen molar-refractivity contribution in [2.75, 3.05) is 13.6 Å². The van der Waals surface area contributed by atoms with Crippen molar-refractivity contribution in [1.29, 1.82) is 0 Å². The second-order valence-corrected chi connectivity index (χ2v) is 4.56. The number of halogens is 1. The molecule has 0 heterocycles. The van der Waals surface area contributed by atoms with Crippen molar-refractivity contribution in [1.82, 2.24) is 4.90 Å². The molecule has 2 atom stereocenters. The molecular formula is C14H22FNO. The highest BCUT2D eigenvalue weighted by molar-refractivity contribution is 5.19. The van der Waals surface area contributed by atoms with Gasteiger partial charge in [-0.05, 0) is 32.9 Å². The standard InChI is InChI=1S/C14H22FNO/c1-4-11(2)16(3)10-9-14(17)12-7-5-6-8-13(12)15/h5-8,11,14,17H,4,9-10H2,1-3H3. The zero-order valence-corrected chi connectivity index (χ0v) is 10.9. The van der Waals surface area contributed by atoms with Gasteiger partial charge < -0.3 is 10.0 Å². The number of aliphatic hydroxyl groups is 1. The van der Waals surface area contributed by atoms with Crippen LogP contribution in [0.15, 0.2) is 24.3 Å². The molecule has 2 unspecified atom stereocenters. The maximum absolute atomic E-state index is 13.4. The molecule has 0 aliphatic carbocycles. The van der Waals surface area contributed by atoms with Crippen molar-refractivity contribution in [3.63, 3.8) is 0 Å². The Kier molecular flexibility index (Phi) is 5.59. The quantitative estimate of drug-likeness (QED) is 0.825. The molecule has 3 heteroatoms. The van der Waals surface area contributed by atoms with Crippen LogP contribution in [0.1, 0.15) is 38.4 Å². The first kappa shape index (κ1) is 14.1. The highest BCUT2D eigenvalue weighted by Crippen LogP contribution is 2.20. The van der Waals surface area contributed by atoms with Crippen LogP contribution in [0.5, 0.6) is 0 Å². The number of benzene rings is 1. The van der Waals surface area contributed by atoms with Gasteiger partial charge in [-0.25, -0.2) is 4.39 Å². The van der Waals surface area contributed by atoms with Crippen LogP contribution in [0, 0.1) is 5.82 Å². The van der Waals surface area contributed by atoms with E-state index in [0.29, 0.717) is 18.0 Å². The minimum Gasteiger partial charge on any atom is -0.388 e. The smallest absolute Gasteiger partial charge is 0.128 e. The van der Waals surface area contributed by atoms with Crippen molar-refractivity contribution in [2.45, 2.75) is 38.8 Å². The van der Waals surface area contributed by atoms with Gasteiger partial charge in [-0.1, -0.05) is 25.1 Å². The second kappa shape index (κ2) is 6.72. The van der Waals surface area contributed by atoms with Crippen LogP contribution in [-0.2, 0) is 0 Å². The van der Waals surface area contributed by atoms with Crippen molar-refractivity contribution in [3.05, 3.63) is 35.6 Å². The van der Waals surface area contributed by atoms with Crippen LogP contribution >= 0.6 is 0 Å². The van der Waals surface area contributed by atoms with Gasteiger partial charge in [0.25, 0.3) is 0 Å². The van der Waals surface area contributed by atoms with Gasteiger partial charge in [0, 0.05) is 18.2 Å². The molecule has 1 aromatic rings. The van der Waals surface area contributed by atoms with Crippen LogP contribution in [0.3, 0.4) is 0 Å². The fourth-order valence-electron chi connectivity index (χ4n) is 1.76. The summed E-state index contributed by atoms with van der Waals surface area (Å²) in [5.41, 5.74) is 0.394. The third-order valence-corrected chi connectivity index (χ3v) is 3.36. The lowest BCUT2D eigenvalue weighted by molar-refractivity contribution is 0.135. The van der Waals surface area contributed by atoms with Crippen molar-refractivity contribution >= 4 is 0 Å². The topological polar surface area (TPSA) is 23.5 Å². The summed E-state index contributed by atoms with van der Waals surface area (Å²) in [4.78, 5) is 2.18. The number of hydrogen-bond acceptors (Lipinski definition) is 2. The van der Waals surface area contributed by atoms with Crippen LogP contribution in [-0.4, -0.2) is 29.6 Å². The molecule has 0 fully saturated rings. The third-order valence-electron chi connectivity index (χ3n) is 3.36. The fraction of sp³-hybridized carbons (Fsp3) is 0.571. The van der Waals surface area contributed by atoms with Gasteiger partial charge in [0.05, 0.1) is 6.10 Å². The third kappa shape index (κ3) is 4.10. The van der Waals surface area contributed by atoms with E-state index in [2.05, 4.69) is 18.7 Å². The molecule has 0 amide bonds. The molecule has 0 saturated carbocycles. The molecule has 17 heavy (non-hydrogen) atoms. The van der Waals surface area contributed by atoms with Crippen molar-refractivity contribution < 1.29 is 9.50 Å². The van der Waals surface area contributed by atoms with E-state index in [4.69, 9.17) is 0 Å². The van der Waals surface area contributed by atoms with E-state index in [9.17, 15) is 9.50 Å². The van der Waals surface area contributed by atoms with Crippen LogP contribution in [0.25, 0.3) is 0 Å². The summed E-state index contributed by atoms with van der Waals surface area (Å²) in [6, 6.07) is 6.90. The second-order valence-electron chi connectivity index (χ2n) is 4.56. The van der Waals surface area contributed by atoms with E-state index in [1.165, 1.54) is 6.07 Å². The normalized spacial score (nSPS) is 14.9. The van der Waals surface area contributed by atoms with Crippen LogP contribution in [0.2, 0.25) is 0 Å². The molecule has 0 radical (unpaired) electrons. The molecule has 1 N–H and O–H groups in total. The highest BCUT2D eigenvalue weighted by atomic mass is 19.1. The summed E-state index contributed by atoms with van der Waals surface area (Å²) in [7, 11) is 2.03. The van der Waals surface area contributed by atoms with Gasteiger partial charge in [0.2, 0.25) is 0 Å². The Bertz CT molecular complexity index is 343. The average Bonchev–Trinajstić information content (AvgIpc) is 2.35. The lowest BCUT2D eigenvalue weighted by Gasteiger charge is -2.24. The van der Waals surface area contributed by atoms with Crippen LogP contribution in [0.4, 0.5) is 4.39 Å². The summed E-state index contributed by atoms with van der Waals surface area (Å²) in [6.07, 6.45) is 0.913. The summed E-state index contributed by atoms with van der Waals surface area (Å²) in [5, 5.41) is 9.94. The first-order chi connectivity index (χ1) is 8.06. The maximum atomic E-state index is 13.4. The van der Waals surface area contributed by atoms with Crippen LogP contribution < -0.4 is 0 Å². The molecule has 0 aromatic heterocycles. The van der Waals surface area contributed by atoms with Gasteiger partial charge in [-0.3, -0.25) is 0 Å². The SMILES string of the molecule is CCC(C)N(C)CCC(O)c1ccccc1F. The summed E-state index contributed by atoms with van der Waals surface area (Å²) in [6.45, 7) is 5.05. The Morgan fingerprint density at radius 1 is 1.35 bits per heavy atom. The molecule has 96 valence electrons. The maximum Gasteiger partial charge on any atom is 0.128 e. The van der Waals surface area contributed by atoms with Gasteiger partial charge >= 0.3 is 0 Å². The van der Waals surface area contributed by atoms with E-state index >= 15 is 0 Å². The van der Waals surface area contributed by atoms with Crippen molar-refractivity contribution in [2.24, 2.45) is 0 Å². The summed E-state index contributed by atoms with van der Waals surface area (Å²) in [5.74, 6) is -0.328. The molecule has 0 saturated heterocycles. The Hall–Kier alpha value is -0.930. The average molecular weight is 239 g/mol. The molecule has 1 aromatic carbocycles. The Morgan fingerprint density at radius 2 is 2.00 bits per heavy atom. The Labute approximate surface area is 103 Å². The molecule has 0 spiro atoms. The Morgan fingerprint density at radius 3 is 2.59 bits per heavy atom. The highest BCUT2D eigenvalue weighted by Gasteiger charge is 2.14. The minimum absolute atomic E-state index is 0.328. The van der Waals surface area contributed by atoms with E-state index in [1.807, 2.05) is 7.05 Å². The van der Waals surface area contributed by atoms with Gasteiger partial charge in [-0.2, -0.15) is 0 Å². The Balaban J connectivity index is 2.50. The number of rotatable bonds is 6. The monoisotopic (exact) mass is 239 g/mol. The van der Waals surface area contributed by atoms with E-state index in [0.717, 1.165) is 13.0 Å². The summed E-state index contributed by atoms with van der Waals surface area (Å²) < 4.78 is 13.4. The molecule has 2 nitrogen and oxygen atoms in total. The lowest BCUT2D eigenvalue weighted by atomic mass is 10.1. The van der Waals surface area contributed by atoms with Gasteiger partial charge in [-0.15, -0.1) is 0 Å². The molecule has 0 bridgehead atoms. The zero-order valence-electron chi connectivity index (χ0n) is 10.9. The van der Waals surface area contributed by atoms with E-state index in [-0.39, 0.29) is 5.82 Å². The lowest BCUT2D eigenvalue weighted by Crippen LogP contribution is -2.30. The van der Waals surface area contributed by atoms with E-state index < -0.39 is 6.10 Å². The largest absolute Gasteiger partial charge is 0.388 e. The minimum atomic E-state index is -0.720. The number of aliphatic hydroxyl groups excluding tert-OH is 1. The number of hydrogen-bond donors (Lipinski definition) is 1. The van der Waals surface area contributed by atoms with Gasteiger partial charge in [0.15, 0.2) is 0 Å². The predicted molar refractivity (Wildman–Crippen MR) is 68.4 cm³/mol. The van der Waals surface area contributed by atoms with E-state index in [1.54, 1.807) is 18.2 Å². The first-order valence-corrected chi connectivity index (χ1v) is 6.19. The predicted octanol–water partition coefficient (Wildman–Crippen LogP) is 2.98. The first-order valence-electron chi connectivity index (χ1n) is 6.19.